The van der Waals surface area contributed by atoms with Crippen molar-refractivity contribution in [1.82, 2.24) is 0 Å². The van der Waals surface area contributed by atoms with Crippen molar-refractivity contribution in [3.8, 4) is 0 Å². The van der Waals surface area contributed by atoms with E-state index in [2.05, 4.69) is 41.5 Å². The molecule has 0 fully saturated rings. The van der Waals surface area contributed by atoms with Crippen LogP contribution in [0.25, 0.3) is 0 Å². The van der Waals surface area contributed by atoms with Gasteiger partial charge in [0.15, 0.2) is 12.2 Å². The molecule has 0 saturated heterocycles. The van der Waals surface area contributed by atoms with E-state index in [0.717, 1.165) is 102 Å². The van der Waals surface area contributed by atoms with E-state index in [9.17, 15) is 43.2 Å². The zero-order chi connectivity index (χ0) is 70.7. The zero-order valence-electron chi connectivity index (χ0n) is 62.7. The Labute approximate surface area is 588 Å². The second-order valence-corrected chi connectivity index (χ2v) is 31.6. The highest BCUT2D eigenvalue weighted by molar-refractivity contribution is 7.47. The molecule has 0 heterocycles. The second kappa shape index (κ2) is 68.8. The van der Waals surface area contributed by atoms with E-state index in [-0.39, 0.29) is 25.7 Å². The summed E-state index contributed by atoms with van der Waals surface area (Å²) in [6.07, 6.45) is 57.0. The third kappa shape index (κ3) is 70.5. The van der Waals surface area contributed by atoms with Crippen LogP contribution in [0.15, 0.2) is 0 Å². The Hall–Kier alpha value is -1.94. The number of unbranched alkanes of at least 4 members (excludes halogenated alkanes) is 46. The van der Waals surface area contributed by atoms with Crippen LogP contribution in [0.1, 0.15) is 401 Å². The summed E-state index contributed by atoms with van der Waals surface area (Å²) in [6.45, 7) is 9.54. The highest BCUT2D eigenvalue weighted by Crippen LogP contribution is 2.45. The molecular weight excluding hydrogens is 1260 g/mol. The third-order valence-electron chi connectivity index (χ3n) is 18.0. The molecule has 0 aromatic carbocycles. The fourth-order valence-corrected chi connectivity index (χ4v) is 13.4. The Morgan fingerprint density at radius 2 is 0.479 bits per heavy atom. The van der Waals surface area contributed by atoms with Gasteiger partial charge in [-0.3, -0.25) is 37.3 Å². The van der Waals surface area contributed by atoms with Gasteiger partial charge in [0.05, 0.1) is 26.4 Å². The summed E-state index contributed by atoms with van der Waals surface area (Å²) in [7, 11) is -9.91. The van der Waals surface area contributed by atoms with Gasteiger partial charge in [0.25, 0.3) is 0 Å². The molecule has 0 aliphatic heterocycles. The molecular formula is C77H150O17P2. The smallest absolute Gasteiger partial charge is 0.462 e. The van der Waals surface area contributed by atoms with Crippen LogP contribution in [0.4, 0.5) is 0 Å². The van der Waals surface area contributed by atoms with Crippen molar-refractivity contribution in [2.75, 3.05) is 39.6 Å². The molecule has 2 unspecified atom stereocenters. The van der Waals surface area contributed by atoms with Crippen LogP contribution in [-0.4, -0.2) is 96.7 Å². The van der Waals surface area contributed by atoms with E-state index in [0.29, 0.717) is 31.6 Å². The number of carbonyl (C=O) groups is 4. The fourth-order valence-electron chi connectivity index (χ4n) is 11.8. The average Bonchev–Trinajstić information content (AvgIpc) is 1.55. The molecule has 19 heteroatoms. The van der Waals surface area contributed by atoms with Gasteiger partial charge in [0.2, 0.25) is 0 Å². The monoisotopic (exact) mass is 1410 g/mol. The van der Waals surface area contributed by atoms with Gasteiger partial charge in [-0.15, -0.1) is 0 Å². The first-order valence-corrected chi connectivity index (χ1v) is 43.0. The Bertz CT molecular complexity index is 1860. The maximum Gasteiger partial charge on any atom is 0.472 e. The number of phosphoric acid groups is 2. The summed E-state index contributed by atoms with van der Waals surface area (Å²) >= 11 is 0. The van der Waals surface area contributed by atoms with E-state index in [4.69, 9.17) is 37.0 Å². The molecule has 0 aromatic rings. The minimum atomic E-state index is -4.96. The fraction of sp³-hybridized carbons (Fsp3) is 0.948. The lowest BCUT2D eigenvalue weighted by molar-refractivity contribution is -0.161. The topological polar surface area (TPSA) is 237 Å². The lowest BCUT2D eigenvalue weighted by atomic mass is 10.0. The van der Waals surface area contributed by atoms with Gasteiger partial charge in [-0.05, 0) is 37.5 Å². The maximum absolute atomic E-state index is 13.1. The number of phosphoric ester groups is 2. The summed E-state index contributed by atoms with van der Waals surface area (Å²) < 4.78 is 68.6. The van der Waals surface area contributed by atoms with Crippen molar-refractivity contribution in [1.29, 1.82) is 0 Å². The van der Waals surface area contributed by atoms with Crippen LogP contribution in [0.3, 0.4) is 0 Å². The summed E-state index contributed by atoms with van der Waals surface area (Å²) in [6, 6.07) is 0. The first-order valence-electron chi connectivity index (χ1n) is 40.0. The van der Waals surface area contributed by atoms with Crippen molar-refractivity contribution < 1.29 is 80.2 Å². The zero-order valence-corrected chi connectivity index (χ0v) is 64.5. The molecule has 570 valence electrons. The SMILES string of the molecule is CCCCCCCCCCCCCCCCCCCCCC(=O)O[C@H](COC(=O)CCCCCCCCCCCCCCCC)COP(=O)(O)OC[C@@H](O)COP(=O)(O)OC[C@@H](COC(=O)CCCCCCCCCC(C)C)OC(=O)CCCCCCCCCCCCC(C)C. The Balaban J connectivity index is 5.23. The summed E-state index contributed by atoms with van der Waals surface area (Å²) in [5.74, 6) is -0.658. The van der Waals surface area contributed by atoms with Gasteiger partial charge in [-0.1, -0.05) is 350 Å². The lowest BCUT2D eigenvalue weighted by Crippen LogP contribution is -2.30. The lowest BCUT2D eigenvalue weighted by Gasteiger charge is -2.21. The molecule has 5 atom stereocenters. The largest absolute Gasteiger partial charge is 0.472 e. The van der Waals surface area contributed by atoms with Gasteiger partial charge < -0.3 is 33.8 Å². The van der Waals surface area contributed by atoms with Crippen molar-refractivity contribution in [2.24, 2.45) is 11.8 Å². The van der Waals surface area contributed by atoms with Crippen LogP contribution >= 0.6 is 15.6 Å². The molecule has 0 aliphatic carbocycles. The second-order valence-electron chi connectivity index (χ2n) is 28.7. The van der Waals surface area contributed by atoms with E-state index in [1.54, 1.807) is 0 Å². The Morgan fingerprint density at radius 3 is 0.708 bits per heavy atom. The molecule has 0 amide bonds. The van der Waals surface area contributed by atoms with Crippen molar-refractivity contribution >= 4 is 39.5 Å². The average molecular weight is 1410 g/mol. The molecule has 0 aliphatic rings. The van der Waals surface area contributed by atoms with Gasteiger partial charge in [0, 0.05) is 25.7 Å². The highest BCUT2D eigenvalue weighted by atomic mass is 31.2. The number of aliphatic hydroxyl groups excluding tert-OH is 1. The van der Waals surface area contributed by atoms with Crippen molar-refractivity contribution in [3.63, 3.8) is 0 Å². The Morgan fingerprint density at radius 1 is 0.281 bits per heavy atom. The molecule has 0 bridgehead atoms. The number of rotatable bonds is 76. The highest BCUT2D eigenvalue weighted by Gasteiger charge is 2.30. The van der Waals surface area contributed by atoms with Crippen LogP contribution in [0.2, 0.25) is 0 Å². The van der Waals surface area contributed by atoms with Crippen molar-refractivity contribution in [2.45, 2.75) is 419 Å². The van der Waals surface area contributed by atoms with Crippen molar-refractivity contribution in [3.05, 3.63) is 0 Å². The normalized spacial score (nSPS) is 14.0. The van der Waals surface area contributed by atoms with Crippen LogP contribution in [0, 0.1) is 11.8 Å². The van der Waals surface area contributed by atoms with Crippen LogP contribution in [-0.2, 0) is 65.4 Å². The van der Waals surface area contributed by atoms with Gasteiger partial charge in [-0.25, -0.2) is 9.13 Å². The molecule has 0 aromatic heterocycles. The van der Waals surface area contributed by atoms with E-state index in [1.807, 2.05) is 0 Å². The first kappa shape index (κ1) is 94.1. The third-order valence-corrected chi connectivity index (χ3v) is 19.9. The first-order chi connectivity index (χ1) is 46.4. The predicted molar refractivity (Wildman–Crippen MR) is 391 cm³/mol. The minimum absolute atomic E-state index is 0.105. The van der Waals surface area contributed by atoms with Gasteiger partial charge >= 0.3 is 39.5 Å². The number of aliphatic hydroxyl groups is 1. The number of esters is 4. The molecule has 0 rings (SSSR count). The predicted octanol–water partition coefficient (Wildman–Crippen LogP) is 22.7. The Kier molecular flexibility index (Phi) is 67.4. The van der Waals surface area contributed by atoms with Gasteiger partial charge in [0.1, 0.15) is 19.3 Å². The van der Waals surface area contributed by atoms with Crippen LogP contribution < -0.4 is 0 Å². The van der Waals surface area contributed by atoms with Gasteiger partial charge in [-0.2, -0.15) is 0 Å². The van der Waals surface area contributed by atoms with E-state index >= 15 is 0 Å². The maximum atomic E-state index is 13.1. The molecule has 0 radical (unpaired) electrons. The molecule has 0 spiro atoms. The minimum Gasteiger partial charge on any atom is -0.462 e. The standard InChI is InChI=1S/C77H150O17P2/c1-7-9-11-13-15-17-19-21-23-24-25-26-27-29-31-36-42-49-55-61-76(81)93-72(65-87-74(79)59-53-47-41-35-30-28-22-20-18-16-14-12-10-8-2)67-91-95(83,84)89-63-71(78)64-90-96(85,86)92-68-73(66-88-75(80)60-54-48-44-38-40-46-52-58-70(5)6)94-77(82)62-56-50-43-37-33-32-34-39-45-51-57-69(3)4/h69-73,78H,7-68H2,1-6H3,(H,83,84)(H,85,86)/t71-,72-,73-/m1/s1. The molecule has 96 heavy (non-hydrogen) atoms. The quantitative estimate of drug-likeness (QED) is 0.0222. The number of hydrogen-bond donors (Lipinski definition) is 3. The van der Waals surface area contributed by atoms with Crippen LogP contribution in [0.5, 0.6) is 0 Å². The van der Waals surface area contributed by atoms with E-state index in [1.165, 1.54) is 212 Å². The summed E-state index contributed by atoms with van der Waals surface area (Å²) in [4.78, 5) is 72.8. The van der Waals surface area contributed by atoms with E-state index < -0.39 is 97.5 Å². The molecule has 0 saturated carbocycles. The number of ether oxygens (including phenoxy) is 4. The summed E-state index contributed by atoms with van der Waals surface area (Å²) in [5, 5.41) is 10.6. The number of carbonyl (C=O) groups excluding carboxylic acids is 4. The number of hydrogen-bond acceptors (Lipinski definition) is 15. The molecule has 3 N–H and O–H groups in total. The summed E-state index contributed by atoms with van der Waals surface area (Å²) in [5.41, 5.74) is 0. The molecule has 17 nitrogen and oxygen atoms in total.